The number of rotatable bonds is 3. The van der Waals surface area contributed by atoms with Crippen molar-refractivity contribution in [3.63, 3.8) is 0 Å². The number of hydrogen-bond acceptors (Lipinski definition) is 6. The minimum Gasteiger partial charge on any atom is -0.352 e. The fraction of sp³-hybridized carbons (Fsp3) is 0.412. The van der Waals surface area contributed by atoms with Crippen molar-refractivity contribution in [3.8, 4) is 0 Å². The first-order valence-electron chi connectivity index (χ1n) is 8.24. The molecule has 1 aliphatic rings. The molecular formula is C17H21N7. The van der Waals surface area contributed by atoms with Crippen molar-refractivity contribution in [2.75, 3.05) is 38.1 Å². The molecule has 0 aliphatic carbocycles. The Hall–Kier alpha value is -2.54. The smallest absolute Gasteiger partial charge is 0.184 e. The van der Waals surface area contributed by atoms with Crippen LogP contribution in [0, 0.1) is 6.92 Å². The molecule has 7 nitrogen and oxygen atoms in total. The van der Waals surface area contributed by atoms with Gasteiger partial charge in [-0.1, -0.05) is 35.0 Å². The van der Waals surface area contributed by atoms with Gasteiger partial charge in [0.2, 0.25) is 0 Å². The molecule has 24 heavy (non-hydrogen) atoms. The Kier molecular flexibility index (Phi) is 3.86. The molecule has 1 fully saturated rings. The average Bonchev–Trinajstić information content (AvgIpc) is 2.99. The van der Waals surface area contributed by atoms with E-state index in [0.717, 1.165) is 43.2 Å². The molecule has 0 atom stereocenters. The van der Waals surface area contributed by atoms with E-state index in [1.807, 2.05) is 4.68 Å². The van der Waals surface area contributed by atoms with Crippen LogP contribution in [0.2, 0.25) is 0 Å². The molecule has 2 aromatic heterocycles. The van der Waals surface area contributed by atoms with Crippen LogP contribution in [-0.4, -0.2) is 63.1 Å². The summed E-state index contributed by atoms with van der Waals surface area (Å²) in [5, 5.41) is 8.68. The summed E-state index contributed by atoms with van der Waals surface area (Å²) in [7, 11) is 2.14. The SMILES string of the molecule is Cc1cccc(Cn2nnc3c(N4CCN(C)CC4)ncnc32)c1. The van der Waals surface area contributed by atoms with Crippen molar-refractivity contribution in [1.82, 2.24) is 29.9 Å². The Morgan fingerprint density at radius 3 is 2.71 bits per heavy atom. The van der Waals surface area contributed by atoms with Gasteiger partial charge >= 0.3 is 0 Å². The Labute approximate surface area is 140 Å². The monoisotopic (exact) mass is 323 g/mol. The zero-order valence-corrected chi connectivity index (χ0v) is 14.1. The Balaban J connectivity index is 1.66. The minimum atomic E-state index is 0.664. The van der Waals surface area contributed by atoms with Crippen LogP contribution < -0.4 is 4.90 Å². The lowest BCUT2D eigenvalue weighted by Gasteiger charge is -2.32. The number of likely N-dealkylation sites (N-methyl/N-ethyl adjacent to an activating group) is 1. The normalized spacial score (nSPS) is 16.0. The van der Waals surface area contributed by atoms with E-state index in [1.165, 1.54) is 11.1 Å². The first-order valence-corrected chi connectivity index (χ1v) is 8.24. The predicted octanol–water partition coefficient (Wildman–Crippen LogP) is 1.33. The van der Waals surface area contributed by atoms with E-state index in [0.29, 0.717) is 6.54 Å². The largest absolute Gasteiger partial charge is 0.352 e. The highest BCUT2D eigenvalue weighted by Gasteiger charge is 2.20. The van der Waals surface area contributed by atoms with Crippen molar-refractivity contribution in [2.24, 2.45) is 0 Å². The first-order chi connectivity index (χ1) is 11.7. The standard InChI is InChI=1S/C17H21N7/c1-13-4-3-5-14(10-13)11-24-17-15(20-21-24)16(18-12-19-17)23-8-6-22(2)7-9-23/h3-5,10,12H,6-9,11H2,1-2H3. The van der Waals surface area contributed by atoms with Crippen molar-refractivity contribution in [2.45, 2.75) is 13.5 Å². The van der Waals surface area contributed by atoms with Gasteiger partial charge in [-0.15, -0.1) is 5.10 Å². The van der Waals surface area contributed by atoms with E-state index in [-0.39, 0.29) is 0 Å². The molecule has 3 aromatic rings. The summed E-state index contributed by atoms with van der Waals surface area (Å²) in [4.78, 5) is 13.5. The molecule has 124 valence electrons. The molecule has 0 radical (unpaired) electrons. The van der Waals surface area contributed by atoms with E-state index in [1.54, 1.807) is 6.33 Å². The second-order valence-electron chi connectivity index (χ2n) is 6.40. The fourth-order valence-corrected chi connectivity index (χ4v) is 3.12. The number of fused-ring (bicyclic) bond motifs is 1. The van der Waals surface area contributed by atoms with Crippen molar-refractivity contribution in [3.05, 3.63) is 41.7 Å². The zero-order chi connectivity index (χ0) is 16.5. The number of piperazine rings is 1. The van der Waals surface area contributed by atoms with Crippen LogP contribution in [0.4, 0.5) is 5.82 Å². The van der Waals surface area contributed by atoms with E-state index in [4.69, 9.17) is 0 Å². The van der Waals surface area contributed by atoms with Gasteiger partial charge in [-0.3, -0.25) is 0 Å². The Morgan fingerprint density at radius 2 is 1.92 bits per heavy atom. The predicted molar refractivity (Wildman–Crippen MR) is 93.1 cm³/mol. The number of aryl methyl sites for hydroxylation is 1. The molecule has 7 heteroatoms. The molecule has 0 N–H and O–H groups in total. The molecule has 4 rings (SSSR count). The summed E-state index contributed by atoms with van der Waals surface area (Å²) in [5.41, 5.74) is 4.02. The van der Waals surface area contributed by atoms with Crippen LogP contribution in [0.1, 0.15) is 11.1 Å². The summed E-state index contributed by atoms with van der Waals surface area (Å²) >= 11 is 0. The lowest BCUT2D eigenvalue weighted by Crippen LogP contribution is -2.44. The van der Waals surface area contributed by atoms with E-state index in [9.17, 15) is 0 Å². The highest BCUT2D eigenvalue weighted by atomic mass is 15.4. The average molecular weight is 323 g/mol. The molecule has 1 aliphatic heterocycles. The molecule has 0 unspecified atom stereocenters. The second-order valence-corrected chi connectivity index (χ2v) is 6.40. The summed E-state index contributed by atoms with van der Waals surface area (Å²) in [5.74, 6) is 0.892. The van der Waals surface area contributed by atoms with E-state index >= 15 is 0 Å². The maximum absolute atomic E-state index is 4.47. The molecule has 0 amide bonds. The van der Waals surface area contributed by atoms with Crippen LogP contribution in [0.25, 0.3) is 11.2 Å². The van der Waals surface area contributed by atoms with E-state index < -0.39 is 0 Å². The molecule has 3 heterocycles. The van der Waals surface area contributed by atoms with Gasteiger partial charge in [-0.25, -0.2) is 14.6 Å². The van der Waals surface area contributed by atoms with Gasteiger partial charge in [0, 0.05) is 26.2 Å². The highest BCUT2D eigenvalue weighted by Crippen LogP contribution is 2.22. The van der Waals surface area contributed by atoms with Crippen LogP contribution in [0.15, 0.2) is 30.6 Å². The zero-order valence-electron chi connectivity index (χ0n) is 14.1. The van der Waals surface area contributed by atoms with Crippen LogP contribution in [0.5, 0.6) is 0 Å². The van der Waals surface area contributed by atoms with Crippen molar-refractivity contribution >= 4 is 17.0 Å². The quantitative estimate of drug-likeness (QED) is 0.725. The first kappa shape index (κ1) is 15.0. The van der Waals surface area contributed by atoms with Gasteiger partial charge in [-0.05, 0) is 19.5 Å². The van der Waals surface area contributed by atoms with Crippen molar-refractivity contribution in [1.29, 1.82) is 0 Å². The third-order valence-corrected chi connectivity index (χ3v) is 4.50. The maximum Gasteiger partial charge on any atom is 0.184 e. The molecule has 0 saturated carbocycles. The van der Waals surface area contributed by atoms with E-state index in [2.05, 4.69) is 68.3 Å². The molecule has 1 aromatic carbocycles. The minimum absolute atomic E-state index is 0.664. The molecule has 1 saturated heterocycles. The maximum atomic E-state index is 4.47. The topological polar surface area (TPSA) is 63.0 Å². The second kappa shape index (κ2) is 6.16. The number of benzene rings is 1. The van der Waals surface area contributed by atoms with Gasteiger partial charge in [0.15, 0.2) is 17.0 Å². The Bertz CT molecular complexity index is 849. The van der Waals surface area contributed by atoms with Crippen LogP contribution >= 0.6 is 0 Å². The van der Waals surface area contributed by atoms with Gasteiger partial charge in [0.05, 0.1) is 6.54 Å². The molecule has 0 spiro atoms. The van der Waals surface area contributed by atoms with Crippen LogP contribution in [0.3, 0.4) is 0 Å². The summed E-state index contributed by atoms with van der Waals surface area (Å²) < 4.78 is 1.85. The van der Waals surface area contributed by atoms with Gasteiger partial charge in [-0.2, -0.15) is 0 Å². The summed E-state index contributed by atoms with van der Waals surface area (Å²) in [6.07, 6.45) is 1.62. The molecular weight excluding hydrogens is 302 g/mol. The number of aromatic nitrogens is 5. The lowest BCUT2D eigenvalue weighted by molar-refractivity contribution is 0.312. The van der Waals surface area contributed by atoms with Gasteiger partial charge < -0.3 is 9.80 Å². The number of anilines is 1. The molecule has 0 bridgehead atoms. The summed E-state index contributed by atoms with van der Waals surface area (Å²) in [6, 6.07) is 8.42. The number of nitrogens with zero attached hydrogens (tertiary/aromatic N) is 7. The third-order valence-electron chi connectivity index (χ3n) is 4.50. The number of hydrogen-bond donors (Lipinski definition) is 0. The fourth-order valence-electron chi connectivity index (χ4n) is 3.12. The third kappa shape index (κ3) is 2.82. The van der Waals surface area contributed by atoms with Crippen LogP contribution in [-0.2, 0) is 6.54 Å². The van der Waals surface area contributed by atoms with Gasteiger partial charge in [0.1, 0.15) is 6.33 Å². The van der Waals surface area contributed by atoms with Gasteiger partial charge in [0.25, 0.3) is 0 Å². The summed E-state index contributed by atoms with van der Waals surface area (Å²) in [6.45, 7) is 6.72. The highest BCUT2D eigenvalue weighted by molar-refractivity contribution is 5.82. The van der Waals surface area contributed by atoms with Crippen molar-refractivity contribution < 1.29 is 0 Å². The Morgan fingerprint density at radius 1 is 1.08 bits per heavy atom. The lowest BCUT2D eigenvalue weighted by atomic mass is 10.1.